The molecule has 19 heavy (non-hydrogen) atoms. The maximum absolute atomic E-state index is 10.5. The number of imidazole rings is 1. The first-order valence-electron chi connectivity index (χ1n) is 6.71. The number of benzene rings is 1. The van der Waals surface area contributed by atoms with Gasteiger partial charge >= 0.3 is 0 Å². The summed E-state index contributed by atoms with van der Waals surface area (Å²) in [6.07, 6.45) is 4.86. The lowest BCUT2D eigenvalue weighted by molar-refractivity contribution is 0.0908. The van der Waals surface area contributed by atoms with Crippen molar-refractivity contribution in [1.29, 1.82) is 0 Å². The molecule has 1 aromatic carbocycles. The molecule has 1 atom stereocenters. The maximum Gasteiger partial charge on any atom is 0.108 e. The van der Waals surface area contributed by atoms with Crippen LogP contribution >= 0.6 is 0 Å². The van der Waals surface area contributed by atoms with Crippen molar-refractivity contribution in [2.24, 2.45) is 7.05 Å². The number of aliphatic hydroxyl groups is 1. The molecule has 0 saturated heterocycles. The Bertz CT molecular complexity index is 517. The van der Waals surface area contributed by atoms with Gasteiger partial charge in [-0.2, -0.15) is 0 Å². The van der Waals surface area contributed by atoms with E-state index < -0.39 is 0 Å². The van der Waals surface area contributed by atoms with Gasteiger partial charge in [0.1, 0.15) is 5.82 Å². The van der Waals surface area contributed by atoms with Crippen molar-refractivity contribution >= 4 is 0 Å². The summed E-state index contributed by atoms with van der Waals surface area (Å²) in [4.78, 5) is 4.29. The van der Waals surface area contributed by atoms with E-state index in [0.717, 1.165) is 12.2 Å². The Morgan fingerprint density at radius 3 is 2.53 bits per heavy atom. The molecule has 1 heterocycles. The molecule has 0 bridgehead atoms. The van der Waals surface area contributed by atoms with Crippen molar-refractivity contribution in [3.05, 3.63) is 54.1 Å². The van der Waals surface area contributed by atoms with Gasteiger partial charge in [0.2, 0.25) is 0 Å². The summed E-state index contributed by atoms with van der Waals surface area (Å²) in [5.41, 5.74) is 0.925. The molecule has 0 fully saturated rings. The Morgan fingerprint density at radius 1 is 1.26 bits per heavy atom. The van der Waals surface area contributed by atoms with Crippen LogP contribution in [0.15, 0.2) is 42.7 Å². The van der Waals surface area contributed by atoms with Crippen molar-refractivity contribution in [2.75, 3.05) is 0 Å². The molecule has 1 N–H and O–H groups in total. The molecule has 2 rings (SSSR count). The van der Waals surface area contributed by atoms with Crippen LogP contribution in [0.5, 0.6) is 0 Å². The van der Waals surface area contributed by atoms with Gasteiger partial charge in [-0.15, -0.1) is 0 Å². The molecule has 1 unspecified atom stereocenters. The lowest BCUT2D eigenvalue weighted by Gasteiger charge is -2.31. The minimum Gasteiger partial charge on any atom is -0.392 e. The van der Waals surface area contributed by atoms with Crippen LogP contribution in [0.1, 0.15) is 31.7 Å². The van der Waals surface area contributed by atoms with E-state index in [1.165, 1.54) is 5.56 Å². The Balaban J connectivity index is 2.03. The number of hydrogen-bond acceptors (Lipinski definition) is 2. The summed E-state index contributed by atoms with van der Waals surface area (Å²) in [5.74, 6) is 1.02. The second-order valence-corrected chi connectivity index (χ2v) is 5.60. The summed E-state index contributed by atoms with van der Waals surface area (Å²) in [6, 6.07) is 10.2. The van der Waals surface area contributed by atoms with E-state index in [1.807, 2.05) is 36.0 Å². The fourth-order valence-electron chi connectivity index (χ4n) is 2.32. The van der Waals surface area contributed by atoms with Crippen LogP contribution in [0.2, 0.25) is 0 Å². The zero-order chi connectivity index (χ0) is 13.9. The first-order chi connectivity index (χ1) is 9.01. The van der Waals surface area contributed by atoms with E-state index >= 15 is 0 Å². The number of hydrogen-bond donors (Lipinski definition) is 1. The number of aromatic nitrogens is 2. The summed E-state index contributed by atoms with van der Waals surface area (Å²) >= 11 is 0. The Morgan fingerprint density at radius 2 is 1.95 bits per heavy atom. The normalized spacial score (nSPS) is 13.5. The van der Waals surface area contributed by atoms with Crippen molar-refractivity contribution < 1.29 is 5.11 Å². The van der Waals surface area contributed by atoms with E-state index in [2.05, 4.69) is 31.0 Å². The highest BCUT2D eigenvalue weighted by atomic mass is 16.3. The molecule has 0 aliphatic heterocycles. The van der Waals surface area contributed by atoms with Crippen LogP contribution < -0.4 is 0 Å². The molecular weight excluding hydrogens is 236 g/mol. The number of nitrogens with zero attached hydrogens (tertiary/aromatic N) is 2. The monoisotopic (exact) mass is 258 g/mol. The summed E-state index contributed by atoms with van der Waals surface area (Å²) in [7, 11) is 1.98. The third-order valence-electron chi connectivity index (χ3n) is 3.91. The maximum atomic E-state index is 10.5. The highest BCUT2D eigenvalue weighted by molar-refractivity contribution is 5.25. The highest BCUT2D eigenvalue weighted by Crippen LogP contribution is 2.29. The van der Waals surface area contributed by atoms with Gasteiger partial charge in [-0.1, -0.05) is 44.2 Å². The van der Waals surface area contributed by atoms with Crippen molar-refractivity contribution in [2.45, 2.75) is 38.2 Å². The van der Waals surface area contributed by atoms with Gasteiger partial charge in [0.15, 0.2) is 0 Å². The SMILES string of the molecule is Cn1ccnc1CCC(O)C(C)(C)c1ccccc1. The molecule has 0 aliphatic carbocycles. The minimum atomic E-state index is -0.383. The summed E-state index contributed by atoms with van der Waals surface area (Å²) in [5, 5.41) is 10.5. The smallest absolute Gasteiger partial charge is 0.108 e. The van der Waals surface area contributed by atoms with Crippen LogP contribution in [0.25, 0.3) is 0 Å². The highest BCUT2D eigenvalue weighted by Gasteiger charge is 2.29. The van der Waals surface area contributed by atoms with E-state index in [9.17, 15) is 5.11 Å². The topological polar surface area (TPSA) is 38.0 Å². The van der Waals surface area contributed by atoms with Crippen LogP contribution in [0.4, 0.5) is 0 Å². The molecule has 102 valence electrons. The zero-order valence-corrected chi connectivity index (χ0v) is 11.9. The number of aliphatic hydroxyl groups excluding tert-OH is 1. The Hall–Kier alpha value is -1.61. The lowest BCUT2D eigenvalue weighted by atomic mass is 9.78. The van der Waals surface area contributed by atoms with Gasteiger partial charge in [0.25, 0.3) is 0 Å². The van der Waals surface area contributed by atoms with Crippen LogP contribution in [0, 0.1) is 0 Å². The largest absolute Gasteiger partial charge is 0.392 e. The zero-order valence-electron chi connectivity index (χ0n) is 11.9. The van der Waals surface area contributed by atoms with Gasteiger partial charge in [-0.25, -0.2) is 4.98 Å². The second kappa shape index (κ2) is 5.57. The van der Waals surface area contributed by atoms with Crippen LogP contribution in [0.3, 0.4) is 0 Å². The molecule has 3 nitrogen and oxygen atoms in total. The third-order valence-corrected chi connectivity index (χ3v) is 3.91. The molecular formula is C16H22N2O. The predicted molar refractivity (Wildman–Crippen MR) is 77.0 cm³/mol. The average molecular weight is 258 g/mol. The third kappa shape index (κ3) is 3.04. The van der Waals surface area contributed by atoms with Crippen LogP contribution in [-0.4, -0.2) is 20.8 Å². The predicted octanol–water partition coefficient (Wildman–Crippen LogP) is 2.69. The molecule has 2 aromatic rings. The van der Waals surface area contributed by atoms with Crippen molar-refractivity contribution in [1.82, 2.24) is 9.55 Å². The van der Waals surface area contributed by atoms with Gasteiger partial charge in [0, 0.05) is 31.3 Å². The van der Waals surface area contributed by atoms with Gasteiger partial charge in [0.05, 0.1) is 6.10 Å². The van der Waals surface area contributed by atoms with E-state index in [0.29, 0.717) is 6.42 Å². The van der Waals surface area contributed by atoms with E-state index in [1.54, 1.807) is 6.20 Å². The van der Waals surface area contributed by atoms with E-state index in [-0.39, 0.29) is 11.5 Å². The average Bonchev–Trinajstić information content (AvgIpc) is 2.82. The first-order valence-corrected chi connectivity index (χ1v) is 6.71. The minimum absolute atomic E-state index is 0.244. The van der Waals surface area contributed by atoms with E-state index in [4.69, 9.17) is 0 Å². The molecule has 0 saturated carbocycles. The van der Waals surface area contributed by atoms with Crippen LogP contribution in [-0.2, 0) is 18.9 Å². The standard InChI is InChI=1S/C16H22N2O/c1-16(2,13-7-5-4-6-8-13)14(19)9-10-15-17-11-12-18(15)3/h4-8,11-12,14,19H,9-10H2,1-3H3. The Kier molecular flexibility index (Phi) is 4.05. The van der Waals surface area contributed by atoms with Gasteiger partial charge < -0.3 is 9.67 Å². The summed E-state index contributed by atoms with van der Waals surface area (Å²) < 4.78 is 2.00. The summed E-state index contributed by atoms with van der Waals surface area (Å²) in [6.45, 7) is 4.18. The fraction of sp³-hybridized carbons (Fsp3) is 0.438. The molecule has 0 radical (unpaired) electrons. The first kappa shape index (κ1) is 13.8. The number of rotatable bonds is 5. The quantitative estimate of drug-likeness (QED) is 0.895. The van der Waals surface area contributed by atoms with Crippen molar-refractivity contribution in [3.63, 3.8) is 0 Å². The lowest BCUT2D eigenvalue weighted by Crippen LogP contribution is -2.34. The molecule has 0 amide bonds. The van der Waals surface area contributed by atoms with Gasteiger partial charge in [-0.05, 0) is 12.0 Å². The molecule has 1 aromatic heterocycles. The van der Waals surface area contributed by atoms with Crippen molar-refractivity contribution in [3.8, 4) is 0 Å². The number of aryl methyl sites for hydroxylation is 2. The molecule has 3 heteroatoms. The Labute approximate surface area is 114 Å². The van der Waals surface area contributed by atoms with Gasteiger partial charge in [-0.3, -0.25) is 0 Å². The second-order valence-electron chi connectivity index (χ2n) is 5.60. The fourth-order valence-corrected chi connectivity index (χ4v) is 2.32. The molecule has 0 aliphatic rings. The molecule has 0 spiro atoms.